The van der Waals surface area contributed by atoms with Gasteiger partial charge < -0.3 is 15.8 Å². The summed E-state index contributed by atoms with van der Waals surface area (Å²) in [5, 5.41) is 4.54. The highest BCUT2D eigenvalue weighted by Crippen LogP contribution is 2.34. The first-order valence-corrected chi connectivity index (χ1v) is 8.38. The molecule has 26 heavy (non-hydrogen) atoms. The molecule has 144 valence electrons. The number of ether oxygens (including phenoxy) is 1. The lowest BCUT2D eigenvalue weighted by atomic mass is 10.1. The molecule has 0 bridgehead atoms. The number of hydrogen-bond acceptors (Lipinski definition) is 5. The minimum absolute atomic E-state index is 0. The van der Waals surface area contributed by atoms with Crippen LogP contribution in [0.15, 0.2) is 23.6 Å². The second kappa shape index (κ2) is 9.20. The fourth-order valence-electron chi connectivity index (χ4n) is 2.09. The van der Waals surface area contributed by atoms with Gasteiger partial charge >= 0.3 is 6.18 Å². The molecule has 1 heterocycles. The maximum absolute atomic E-state index is 13.3. The Balaban J connectivity index is 0.00000338. The summed E-state index contributed by atoms with van der Waals surface area (Å²) in [5.41, 5.74) is 4.67. The molecule has 2 rings (SSSR count). The molecule has 10 heteroatoms. The number of benzene rings is 1. The van der Waals surface area contributed by atoms with E-state index in [0.29, 0.717) is 5.01 Å². The summed E-state index contributed by atoms with van der Waals surface area (Å²) >= 11 is 1.22. The number of halogens is 4. The van der Waals surface area contributed by atoms with Crippen LogP contribution in [0, 0.1) is 0 Å². The van der Waals surface area contributed by atoms with Crippen LogP contribution in [0.4, 0.5) is 13.2 Å². The van der Waals surface area contributed by atoms with Crippen LogP contribution in [-0.2, 0) is 19.3 Å². The van der Waals surface area contributed by atoms with E-state index in [-0.39, 0.29) is 48.6 Å². The quantitative estimate of drug-likeness (QED) is 0.761. The molecule has 1 aromatic heterocycles. The van der Waals surface area contributed by atoms with E-state index >= 15 is 0 Å². The number of nitrogens with one attached hydrogen (secondary N) is 1. The lowest BCUT2D eigenvalue weighted by molar-refractivity contribution is -0.138. The van der Waals surface area contributed by atoms with Crippen LogP contribution in [0.5, 0.6) is 5.75 Å². The predicted octanol–water partition coefficient (Wildman–Crippen LogP) is 3.76. The number of amides is 1. The van der Waals surface area contributed by atoms with Crippen molar-refractivity contribution in [2.45, 2.75) is 39.2 Å². The van der Waals surface area contributed by atoms with Gasteiger partial charge in [0, 0.05) is 18.5 Å². The summed E-state index contributed by atoms with van der Waals surface area (Å²) in [6, 6.07) is 3.69. The van der Waals surface area contributed by atoms with Gasteiger partial charge in [-0.2, -0.15) is 13.2 Å². The SMILES string of the molecule is CC(C)Oc1ccc(CNC(=O)c2csc(CN)n2)c(C(F)(F)F)c1.Cl. The molecule has 1 amide bonds. The minimum Gasteiger partial charge on any atom is -0.491 e. The molecule has 5 nitrogen and oxygen atoms in total. The average Bonchev–Trinajstić information content (AvgIpc) is 3.01. The Morgan fingerprint density at radius 1 is 1.38 bits per heavy atom. The fraction of sp³-hybridized carbons (Fsp3) is 0.375. The molecule has 0 aliphatic rings. The summed E-state index contributed by atoms with van der Waals surface area (Å²) in [4.78, 5) is 16.0. The highest BCUT2D eigenvalue weighted by Gasteiger charge is 2.34. The number of alkyl halides is 3. The molecule has 0 radical (unpaired) electrons. The van der Waals surface area contributed by atoms with Crippen molar-refractivity contribution in [2.75, 3.05) is 0 Å². The van der Waals surface area contributed by atoms with Gasteiger partial charge in [-0.15, -0.1) is 23.7 Å². The second-order valence-electron chi connectivity index (χ2n) is 5.50. The van der Waals surface area contributed by atoms with Crippen molar-refractivity contribution in [3.8, 4) is 5.75 Å². The maximum Gasteiger partial charge on any atom is 0.416 e. The van der Waals surface area contributed by atoms with Gasteiger partial charge in [-0.25, -0.2) is 4.98 Å². The van der Waals surface area contributed by atoms with Crippen molar-refractivity contribution in [3.63, 3.8) is 0 Å². The summed E-state index contributed by atoms with van der Waals surface area (Å²) in [6.07, 6.45) is -4.79. The Labute approximate surface area is 159 Å². The maximum atomic E-state index is 13.3. The molecule has 0 fully saturated rings. The van der Waals surface area contributed by atoms with Crippen LogP contribution in [0.25, 0.3) is 0 Å². The largest absolute Gasteiger partial charge is 0.491 e. The number of nitrogens with zero attached hydrogens (tertiary/aromatic N) is 1. The zero-order valence-electron chi connectivity index (χ0n) is 14.1. The Morgan fingerprint density at radius 3 is 2.62 bits per heavy atom. The smallest absolute Gasteiger partial charge is 0.416 e. The Morgan fingerprint density at radius 2 is 2.08 bits per heavy atom. The van der Waals surface area contributed by atoms with Crippen molar-refractivity contribution in [3.05, 3.63) is 45.4 Å². The number of hydrogen-bond donors (Lipinski definition) is 2. The van der Waals surface area contributed by atoms with Gasteiger partial charge in [0.1, 0.15) is 16.5 Å². The fourth-order valence-corrected chi connectivity index (χ4v) is 2.75. The highest BCUT2D eigenvalue weighted by molar-refractivity contribution is 7.09. The Kier molecular flexibility index (Phi) is 7.86. The summed E-state index contributed by atoms with van der Waals surface area (Å²) in [7, 11) is 0. The lowest BCUT2D eigenvalue weighted by Gasteiger charge is -2.16. The molecular formula is C16H19ClF3N3O2S. The number of aromatic nitrogens is 1. The third-order valence-corrected chi connectivity index (χ3v) is 4.03. The summed E-state index contributed by atoms with van der Waals surface area (Å²) < 4.78 is 45.1. The normalized spacial score (nSPS) is 11.2. The van der Waals surface area contributed by atoms with Crippen molar-refractivity contribution >= 4 is 29.7 Å². The molecule has 0 aliphatic carbocycles. The van der Waals surface area contributed by atoms with E-state index in [0.717, 1.165) is 6.07 Å². The van der Waals surface area contributed by atoms with Crippen LogP contribution in [0.3, 0.4) is 0 Å². The second-order valence-corrected chi connectivity index (χ2v) is 6.44. The van der Waals surface area contributed by atoms with E-state index in [1.807, 2.05) is 0 Å². The zero-order valence-corrected chi connectivity index (χ0v) is 15.7. The minimum atomic E-state index is -4.55. The first kappa shape index (κ1) is 22.2. The predicted molar refractivity (Wildman–Crippen MR) is 95.6 cm³/mol. The zero-order chi connectivity index (χ0) is 18.6. The Hall–Kier alpha value is -1.84. The van der Waals surface area contributed by atoms with E-state index in [1.54, 1.807) is 13.8 Å². The van der Waals surface area contributed by atoms with Crippen molar-refractivity contribution < 1.29 is 22.7 Å². The molecule has 0 saturated heterocycles. The van der Waals surface area contributed by atoms with E-state index in [4.69, 9.17) is 10.5 Å². The van der Waals surface area contributed by atoms with E-state index < -0.39 is 17.6 Å². The van der Waals surface area contributed by atoms with Gasteiger partial charge in [-0.3, -0.25) is 4.79 Å². The number of rotatable bonds is 6. The van der Waals surface area contributed by atoms with Gasteiger partial charge in [0.15, 0.2) is 0 Å². The van der Waals surface area contributed by atoms with Crippen molar-refractivity contribution in [1.29, 1.82) is 0 Å². The molecule has 0 atom stereocenters. The molecule has 0 spiro atoms. The summed E-state index contributed by atoms with van der Waals surface area (Å²) in [6.45, 7) is 3.38. The van der Waals surface area contributed by atoms with Gasteiger partial charge in [0.25, 0.3) is 5.91 Å². The molecule has 3 N–H and O–H groups in total. The van der Waals surface area contributed by atoms with Crippen LogP contribution < -0.4 is 15.8 Å². The van der Waals surface area contributed by atoms with Crippen LogP contribution in [0.1, 0.15) is 40.5 Å². The van der Waals surface area contributed by atoms with Crippen molar-refractivity contribution in [1.82, 2.24) is 10.3 Å². The molecule has 0 aliphatic heterocycles. The lowest BCUT2D eigenvalue weighted by Crippen LogP contribution is -2.25. The van der Waals surface area contributed by atoms with Gasteiger partial charge in [0.05, 0.1) is 11.7 Å². The van der Waals surface area contributed by atoms with Crippen molar-refractivity contribution in [2.24, 2.45) is 5.73 Å². The monoisotopic (exact) mass is 409 g/mol. The number of nitrogens with two attached hydrogens (primary N) is 1. The van der Waals surface area contributed by atoms with Crippen LogP contribution >= 0.6 is 23.7 Å². The topological polar surface area (TPSA) is 77.2 Å². The Bertz CT molecular complexity index is 751. The molecule has 2 aromatic rings. The van der Waals surface area contributed by atoms with Gasteiger partial charge in [-0.1, -0.05) is 6.07 Å². The number of carbonyl (C=O) groups excluding carboxylic acids is 1. The van der Waals surface area contributed by atoms with Crippen LogP contribution in [-0.4, -0.2) is 17.0 Å². The molecule has 1 aromatic carbocycles. The molecular weight excluding hydrogens is 391 g/mol. The third-order valence-electron chi connectivity index (χ3n) is 3.16. The summed E-state index contributed by atoms with van der Waals surface area (Å²) in [5.74, 6) is -0.420. The van der Waals surface area contributed by atoms with E-state index in [1.165, 1.54) is 28.8 Å². The molecule has 0 unspecified atom stereocenters. The first-order chi connectivity index (χ1) is 11.7. The standard InChI is InChI=1S/C16H18F3N3O2S.ClH/c1-9(2)24-11-4-3-10(12(5-11)16(17,18)19)7-21-15(23)13-8-25-14(6-20)22-13;/h3-5,8-9H,6-7,20H2,1-2H3,(H,21,23);1H. The third kappa shape index (κ3) is 5.86. The number of thiazole rings is 1. The van der Waals surface area contributed by atoms with Crippen LogP contribution in [0.2, 0.25) is 0 Å². The van der Waals surface area contributed by atoms with Gasteiger partial charge in [-0.05, 0) is 31.5 Å². The highest BCUT2D eigenvalue weighted by atomic mass is 35.5. The first-order valence-electron chi connectivity index (χ1n) is 7.50. The van der Waals surface area contributed by atoms with Gasteiger partial charge in [0.2, 0.25) is 0 Å². The van der Waals surface area contributed by atoms with E-state index in [2.05, 4.69) is 10.3 Å². The molecule has 0 saturated carbocycles. The number of carbonyl (C=O) groups is 1. The average molecular weight is 410 g/mol. The van der Waals surface area contributed by atoms with E-state index in [9.17, 15) is 18.0 Å².